The first-order valence-electron chi connectivity index (χ1n) is 3.62. The van der Waals surface area contributed by atoms with E-state index in [1.165, 1.54) is 6.26 Å². The number of aromatic hydroxyl groups is 1. The van der Waals surface area contributed by atoms with Crippen LogP contribution in [0, 0.1) is 0 Å². The van der Waals surface area contributed by atoms with Gasteiger partial charge in [0, 0.05) is 11.1 Å². The van der Waals surface area contributed by atoms with E-state index in [1.807, 2.05) is 0 Å². The summed E-state index contributed by atoms with van der Waals surface area (Å²) in [7, 11) is 0. The van der Waals surface area contributed by atoms with Crippen molar-refractivity contribution in [3.63, 3.8) is 0 Å². The molecule has 0 aromatic carbocycles. The van der Waals surface area contributed by atoms with E-state index in [9.17, 15) is 4.79 Å². The van der Waals surface area contributed by atoms with E-state index >= 15 is 0 Å². The maximum absolute atomic E-state index is 10.7. The van der Waals surface area contributed by atoms with Gasteiger partial charge in [0.2, 0.25) is 0 Å². The summed E-state index contributed by atoms with van der Waals surface area (Å²) in [5, 5.41) is 17.9. The van der Waals surface area contributed by atoms with Gasteiger partial charge in [-0.2, -0.15) is 0 Å². The first-order chi connectivity index (χ1) is 6.20. The predicted molar refractivity (Wildman–Crippen MR) is 44.0 cm³/mol. The van der Waals surface area contributed by atoms with Gasteiger partial charge < -0.3 is 14.6 Å². The van der Waals surface area contributed by atoms with E-state index in [-0.39, 0.29) is 5.56 Å². The lowest BCUT2D eigenvalue weighted by Gasteiger charge is -2.03. The molecule has 0 atom stereocenters. The van der Waals surface area contributed by atoms with Crippen LogP contribution in [0.25, 0.3) is 11.1 Å². The third-order valence-electron chi connectivity index (χ3n) is 1.84. The van der Waals surface area contributed by atoms with Crippen LogP contribution in [0.3, 0.4) is 0 Å². The maximum Gasteiger partial charge on any atom is 0.343 e. The highest BCUT2D eigenvalue weighted by Crippen LogP contribution is 2.32. The van der Waals surface area contributed by atoms with E-state index < -0.39 is 11.9 Å². The van der Waals surface area contributed by atoms with Crippen LogP contribution in [0.15, 0.2) is 28.9 Å². The summed E-state index contributed by atoms with van der Waals surface area (Å²) in [6.45, 7) is 0. The van der Waals surface area contributed by atoms with Gasteiger partial charge in [0.05, 0.1) is 0 Å². The molecular weight excluding hydrogens is 172 g/mol. The lowest BCUT2D eigenvalue weighted by Crippen LogP contribution is -1.99. The van der Waals surface area contributed by atoms with Crippen LogP contribution < -0.4 is 0 Å². The molecule has 0 spiro atoms. The van der Waals surface area contributed by atoms with E-state index in [0.29, 0.717) is 11.1 Å². The molecule has 0 bridgehead atoms. The molecule has 2 rings (SSSR count). The smallest absolute Gasteiger partial charge is 0.343 e. The lowest BCUT2D eigenvalue weighted by atomic mass is 10.1. The Morgan fingerprint density at radius 1 is 1.38 bits per heavy atom. The van der Waals surface area contributed by atoms with Gasteiger partial charge >= 0.3 is 5.97 Å². The summed E-state index contributed by atoms with van der Waals surface area (Å²) in [6, 6.07) is 5.03. The Labute approximate surface area is 73.4 Å². The average molecular weight is 178 g/mol. The highest BCUT2D eigenvalue weighted by molar-refractivity contribution is 5.98. The van der Waals surface area contributed by atoms with Crippen LogP contribution >= 0.6 is 0 Å². The molecule has 4 heteroatoms. The fourth-order valence-corrected chi connectivity index (χ4v) is 1.26. The van der Waals surface area contributed by atoms with Crippen LogP contribution in [0.4, 0.5) is 0 Å². The fourth-order valence-electron chi connectivity index (χ4n) is 1.26. The van der Waals surface area contributed by atoms with Crippen LogP contribution in [0.2, 0.25) is 0 Å². The van der Waals surface area contributed by atoms with E-state index in [1.54, 1.807) is 18.2 Å². The Morgan fingerprint density at radius 2 is 2.15 bits per heavy atom. The summed E-state index contributed by atoms with van der Waals surface area (Å²) in [6.07, 6.45) is 1.32. The third-order valence-corrected chi connectivity index (χ3v) is 1.84. The van der Waals surface area contributed by atoms with Gasteiger partial charge in [-0.1, -0.05) is 18.2 Å². The van der Waals surface area contributed by atoms with Gasteiger partial charge in [0.15, 0.2) is 0 Å². The molecule has 0 saturated heterocycles. The third kappa shape index (κ3) is 1.03. The molecule has 0 amide bonds. The van der Waals surface area contributed by atoms with Crippen molar-refractivity contribution in [3.05, 3.63) is 30.0 Å². The first-order valence-corrected chi connectivity index (χ1v) is 3.62. The molecule has 0 unspecified atom stereocenters. The van der Waals surface area contributed by atoms with Gasteiger partial charge in [-0.15, -0.1) is 0 Å². The normalized spacial score (nSPS) is 10.5. The molecule has 0 aromatic heterocycles. The number of rotatable bonds is 1. The molecule has 0 saturated carbocycles. The number of hydrogen-bond donors (Lipinski definition) is 2. The molecule has 66 valence electrons. The van der Waals surface area contributed by atoms with Gasteiger partial charge in [-0.3, -0.25) is 0 Å². The number of carboxylic acid groups (broad SMARTS) is 1. The molecule has 2 aliphatic rings. The molecule has 1 heterocycles. The summed E-state index contributed by atoms with van der Waals surface area (Å²) in [5.41, 5.74) is 0.953. The highest BCUT2D eigenvalue weighted by Gasteiger charge is 2.20. The Morgan fingerprint density at radius 3 is 2.85 bits per heavy atom. The zero-order valence-electron chi connectivity index (χ0n) is 6.52. The second-order valence-electron chi connectivity index (χ2n) is 2.62. The minimum atomic E-state index is -1.20. The second-order valence-corrected chi connectivity index (χ2v) is 2.62. The monoisotopic (exact) mass is 178 g/mol. The van der Waals surface area contributed by atoms with Crippen molar-refractivity contribution in [3.8, 4) is 17.1 Å². The molecular formula is C9H6O4. The van der Waals surface area contributed by atoms with Crippen molar-refractivity contribution in [2.75, 3.05) is 0 Å². The lowest BCUT2D eigenvalue weighted by molar-refractivity contribution is 0.0689. The van der Waals surface area contributed by atoms with Crippen LogP contribution in [-0.4, -0.2) is 16.2 Å². The number of carbonyl (C=O) groups is 1. The van der Waals surface area contributed by atoms with E-state index in [0.717, 1.165) is 0 Å². The Kier molecular flexibility index (Phi) is 1.48. The topological polar surface area (TPSA) is 70.7 Å². The molecule has 0 fully saturated rings. The number of aromatic carboxylic acids is 1. The average Bonchev–Trinajstić information content (AvgIpc) is 2.50. The van der Waals surface area contributed by atoms with Gasteiger partial charge in [0.1, 0.15) is 11.8 Å². The van der Waals surface area contributed by atoms with Crippen molar-refractivity contribution in [1.82, 2.24) is 0 Å². The maximum atomic E-state index is 10.7. The molecule has 13 heavy (non-hydrogen) atoms. The predicted octanol–water partition coefficient (Wildman–Crippen LogP) is 1.79. The van der Waals surface area contributed by atoms with Crippen molar-refractivity contribution >= 4 is 5.97 Å². The second kappa shape index (κ2) is 2.52. The van der Waals surface area contributed by atoms with E-state index in [4.69, 9.17) is 10.2 Å². The zero-order chi connectivity index (χ0) is 9.42. The Balaban J connectivity index is 2.79. The number of carboxylic acids is 1. The quantitative estimate of drug-likeness (QED) is 0.698. The Hall–Kier alpha value is -1.97. The zero-order valence-corrected chi connectivity index (χ0v) is 6.52. The summed E-state index contributed by atoms with van der Waals surface area (Å²) >= 11 is 0. The van der Waals surface area contributed by atoms with Crippen LogP contribution in [0.1, 0.15) is 10.4 Å². The fraction of sp³-hybridized carbons (Fsp3) is 0. The van der Waals surface area contributed by atoms with Crippen molar-refractivity contribution < 1.29 is 19.4 Å². The van der Waals surface area contributed by atoms with Crippen molar-refractivity contribution in [2.24, 2.45) is 0 Å². The van der Waals surface area contributed by atoms with Crippen molar-refractivity contribution in [1.29, 1.82) is 0 Å². The minimum Gasteiger partial charge on any atom is -0.480 e. The molecule has 0 radical (unpaired) electrons. The van der Waals surface area contributed by atoms with Gasteiger partial charge in [-0.25, -0.2) is 4.79 Å². The summed E-state index contributed by atoms with van der Waals surface area (Å²) in [4.78, 5) is 10.7. The summed E-state index contributed by atoms with van der Waals surface area (Å²) < 4.78 is 4.67. The molecule has 2 N–H and O–H groups in total. The van der Waals surface area contributed by atoms with Crippen LogP contribution in [0.5, 0.6) is 5.95 Å². The SMILES string of the molecule is O=C(O)c1c2cccc-2coc1O. The van der Waals surface area contributed by atoms with Gasteiger partial charge in [-0.05, 0) is 0 Å². The Bertz CT molecular complexity index is 429. The summed E-state index contributed by atoms with van der Waals surface area (Å²) in [5.74, 6) is -1.76. The van der Waals surface area contributed by atoms with Gasteiger partial charge in [0.25, 0.3) is 5.95 Å². The highest BCUT2D eigenvalue weighted by atomic mass is 16.5. The van der Waals surface area contributed by atoms with Crippen LogP contribution in [-0.2, 0) is 0 Å². The minimum absolute atomic E-state index is 0.192. The largest absolute Gasteiger partial charge is 0.480 e. The molecule has 0 aromatic rings. The number of hydrogen-bond acceptors (Lipinski definition) is 3. The first kappa shape index (κ1) is 7.67. The molecule has 1 aliphatic carbocycles. The van der Waals surface area contributed by atoms with Crippen molar-refractivity contribution in [2.45, 2.75) is 0 Å². The standard InChI is InChI=1S/C9H6O4/c10-8(11)7-6-3-1-2-5(6)4-13-9(7)12/h1-4,12H,(H,10,11). The van der Waals surface area contributed by atoms with E-state index in [2.05, 4.69) is 4.42 Å². The molecule has 1 aliphatic heterocycles. The number of fused-ring (bicyclic) bond motifs is 1. The molecule has 4 nitrogen and oxygen atoms in total.